The summed E-state index contributed by atoms with van der Waals surface area (Å²) in [5.74, 6) is 1.44. The second-order valence-electron chi connectivity index (χ2n) is 6.00. The van der Waals surface area contributed by atoms with Gasteiger partial charge in [0.25, 0.3) is 0 Å². The highest BCUT2D eigenvalue weighted by atomic mass is 35.5. The zero-order valence-electron chi connectivity index (χ0n) is 13.7. The van der Waals surface area contributed by atoms with Crippen LogP contribution in [0.4, 0.5) is 5.69 Å². The van der Waals surface area contributed by atoms with E-state index in [0.717, 1.165) is 11.4 Å². The minimum atomic E-state index is -3.65. The van der Waals surface area contributed by atoms with Crippen molar-refractivity contribution in [2.75, 3.05) is 37.9 Å². The third kappa shape index (κ3) is 3.20. The molecule has 0 atom stereocenters. The molecule has 0 spiro atoms. The van der Waals surface area contributed by atoms with Gasteiger partial charge in [0.2, 0.25) is 16.8 Å². The molecule has 6 nitrogen and oxygen atoms in total. The molecule has 2 aromatic rings. The van der Waals surface area contributed by atoms with Gasteiger partial charge in [-0.1, -0.05) is 23.2 Å². The van der Waals surface area contributed by atoms with Crippen LogP contribution in [0.2, 0.25) is 10.0 Å². The van der Waals surface area contributed by atoms with Crippen LogP contribution in [-0.4, -0.2) is 45.7 Å². The molecule has 2 aliphatic rings. The first-order valence-electron chi connectivity index (χ1n) is 8.05. The van der Waals surface area contributed by atoms with Crippen molar-refractivity contribution in [1.29, 1.82) is 0 Å². The first-order chi connectivity index (χ1) is 12.4. The predicted octanol–water partition coefficient (Wildman–Crippen LogP) is 3.23. The van der Waals surface area contributed by atoms with E-state index >= 15 is 0 Å². The molecule has 138 valence electrons. The Hall–Kier alpha value is -1.67. The Bertz CT molecular complexity index is 944. The fourth-order valence-corrected chi connectivity index (χ4v) is 5.26. The molecule has 26 heavy (non-hydrogen) atoms. The van der Waals surface area contributed by atoms with Crippen molar-refractivity contribution in [2.45, 2.75) is 4.90 Å². The summed E-state index contributed by atoms with van der Waals surface area (Å²) >= 11 is 11.9. The van der Waals surface area contributed by atoms with Gasteiger partial charge < -0.3 is 14.4 Å². The molecule has 4 rings (SSSR count). The van der Waals surface area contributed by atoms with E-state index in [1.54, 1.807) is 0 Å². The van der Waals surface area contributed by atoms with E-state index in [1.165, 1.54) is 22.5 Å². The normalized spacial score (nSPS) is 17.5. The molecular formula is C17H16Cl2N2O4S. The van der Waals surface area contributed by atoms with Crippen molar-refractivity contribution in [3.05, 3.63) is 46.4 Å². The maximum atomic E-state index is 12.9. The molecule has 2 aliphatic heterocycles. The molecule has 2 aromatic carbocycles. The van der Waals surface area contributed by atoms with Crippen LogP contribution in [0, 0.1) is 0 Å². The van der Waals surface area contributed by atoms with Gasteiger partial charge in [0, 0.05) is 43.0 Å². The number of ether oxygens (including phenoxy) is 2. The highest BCUT2D eigenvalue weighted by molar-refractivity contribution is 7.89. The minimum Gasteiger partial charge on any atom is -0.454 e. The lowest BCUT2D eigenvalue weighted by Gasteiger charge is -2.35. The maximum Gasteiger partial charge on any atom is 0.244 e. The second kappa shape index (κ2) is 6.81. The Labute approximate surface area is 161 Å². The van der Waals surface area contributed by atoms with Gasteiger partial charge in [-0.3, -0.25) is 0 Å². The van der Waals surface area contributed by atoms with E-state index in [4.69, 9.17) is 32.7 Å². The van der Waals surface area contributed by atoms with E-state index in [2.05, 4.69) is 4.90 Å². The Morgan fingerprint density at radius 3 is 2.35 bits per heavy atom. The number of fused-ring (bicyclic) bond motifs is 1. The summed E-state index contributed by atoms with van der Waals surface area (Å²) < 4.78 is 37.9. The van der Waals surface area contributed by atoms with Crippen LogP contribution in [-0.2, 0) is 10.0 Å². The summed E-state index contributed by atoms with van der Waals surface area (Å²) in [4.78, 5) is 2.21. The van der Waals surface area contributed by atoms with Gasteiger partial charge in [-0.05, 0) is 30.3 Å². The highest BCUT2D eigenvalue weighted by Gasteiger charge is 2.30. The van der Waals surface area contributed by atoms with Crippen molar-refractivity contribution in [3.63, 3.8) is 0 Å². The second-order valence-corrected chi connectivity index (χ2v) is 8.75. The molecule has 0 bridgehead atoms. The molecule has 0 amide bonds. The van der Waals surface area contributed by atoms with Gasteiger partial charge in [0.1, 0.15) is 4.90 Å². The van der Waals surface area contributed by atoms with Crippen LogP contribution in [0.15, 0.2) is 41.3 Å². The van der Waals surface area contributed by atoms with Crippen LogP contribution in [0.5, 0.6) is 11.5 Å². The lowest BCUT2D eigenvalue weighted by atomic mass is 10.2. The van der Waals surface area contributed by atoms with Gasteiger partial charge >= 0.3 is 0 Å². The third-order valence-corrected chi connectivity index (χ3v) is 7.09. The fourth-order valence-electron chi connectivity index (χ4n) is 3.09. The molecule has 0 saturated carbocycles. The van der Waals surface area contributed by atoms with Crippen LogP contribution < -0.4 is 14.4 Å². The lowest BCUT2D eigenvalue weighted by Crippen LogP contribution is -2.48. The fraction of sp³-hybridized carbons (Fsp3) is 0.294. The van der Waals surface area contributed by atoms with Crippen LogP contribution in [0.3, 0.4) is 0 Å². The first kappa shape index (κ1) is 17.7. The van der Waals surface area contributed by atoms with Crippen molar-refractivity contribution < 1.29 is 17.9 Å². The minimum absolute atomic E-state index is 0.0834. The summed E-state index contributed by atoms with van der Waals surface area (Å²) in [6.45, 7) is 2.12. The van der Waals surface area contributed by atoms with Gasteiger partial charge in [-0.2, -0.15) is 4.31 Å². The smallest absolute Gasteiger partial charge is 0.244 e. The van der Waals surface area contributed by atoms with E-state index in [9.17, 15) is 8.42 Å². The Kier molecular flexibility index (Phi) is 4.64. The molecule has 1 fully saturated rings. The topological polar surface area (TPSA) is 59.1 Å². The Morgan fingerprint density at radius 1 is 0.885 bits per heavy atom. The summed E-state index contributed by atoms with van der Waals surface area (Å²) in [5.41, 5.74) is 0.982. The van der Waals surface area contributed by atoms with Gasteiger partial charge in [-0.25, -0.2) is 8.42 Å². The van der Waals surface area contributed by atoms with Crippen molar-refractivity contribution in [3.8, 4) is 11.5 Å². The number of sulfonamides is 1. The standard InChI is InChI=1S/C17H16Cl2N2O4S/c18-12-1-4-17(14(19)9-12)26(22,23)21-7-5-20(6-8-21)13-2-3-15-16(10-13)25-11-24-15/h1-4,9-10H,5-8,11H2. The van der Waals surface area contributed by atoms with E-state index in [1.807, 2.05) is 18.2 Å². The molecule has 0 aliphatic carbocycles. The average molecular weight is 415 g/mol. The van der Waals surface area contributed by atoms with Crippen LogP contribution in [0.1, 0.15) is 0 Å². The van der Waals surface area contributed by atoms with Crippen LogP contribution in [0.25, 0.3) is 0 Å². The lowest BCUT2D eigenvalue weighted by molar-refractivity contribution is 0.174. The quantitative estimate of drug-likeness (QED) is 0.771. The molecule has 2 heterocycles. The van der Waals surface area contributed by atoms with E-state index in [0.29, 0.717) is 37.0 Å². The number of hydrogen-bond donors (Lipinski definition) is 0. The van der Waals surface area contributed by atoms with E-state index in [-0.39, 0.29) is 16.7 Å². The van der Waals surface area contributed by atoms with Crippen molar-refractivity contribution in [2.24, 2.45) is 0 Å². The predicted molar refractivity (Wildman–Crippen MR) is 100.0 cm³/mol. The zero-order chi connectivity index (χ0) is 18.3. The van der Waals surface area contributed by atoms with Crippen molar-refractivity contribution >= 4 is 38.9 Å². The highest BCUT2D eigenvalue weighted by Crippen LogP contribution is 2.36. The molecule has 0 N–H and O–H groups in total. The maximum absolute atomic E-state index is 12.9. The number of halogens is 2. The average Bonchev–Trinajstić information content (AvgIpc) is 3.09. The van der Waals surface area contributed by atoms with E-state index < -0.39 is 10.0 Å². The monoisotopic (exact) mass is 414 g/mol. The summed E-state index contributed by atoms with van der Waals surface area (Å²) in [7, 11) is -3.65. The van der Waals surface area contributed by atoms with Crippen LogP contribution >= 0.6 is 23.2 Å². The zero-order valence-corrected chi connectivity index (χ0v) is 16.0. The van der Waals surface area contributed by atoms with Crippen molar-refractivity contribution in [1.82, 2.24) is 4.31 Å². The SMILES string of the molecule is O=S(=O)(c1ccc(Cl)cc1Cl)N1CCN(c2ccc3c(c2)OCO3)CC1. The molecular weight excluding hydrogens is 399 g/mol. The summed E-state index contributed by atoms with van der Waals surface area (Å²) in [6, 6.07) is 10.2. The molecule has 0 radical (unpaired) electrons. The summed E-state index contributed by atoms with van der Waals surface area (Å²) in [6.07, 6.45) is 0. The van der Waals surface area contributed by atoms with Gasteiger partial charge in [0.05, 0.1) is 5.02 Å². The Balaban J connectivity index is 1.49. The number of piperazine rings is 1. The van der Waals surface area contributed by atoms with Gasteiger partial charge in [0.15, 0.2) is 11.5 Å². The Morgan fingerprint density at radius 2 is 1.62 bits per heavy atom. The molecule has 9 heteroatoms. The number of benzene rings is 2. The number of nitrogens with zero attached hydrogens (tertiary/aromatic N) is 2. The number of anilines is 1. The summed E-state index contributed by atoms with van der Waals surface area (Å²) in [5, 5.41) is 0.539. The first-order valence-corrected chi connectivity index (χ1v) is 10.2. The number of hydrogen-bond acceptors (Lipinski definition) is 5. The van der Waals surface area contributed by atoms with Gasteiger partial charge in [-0.15, -0.1) is 0 Å². The molecule has 0 aromatic heterocycles. The largest absolute Gasteiger partial charge is 0.454 e. The number of rotatable bonds is 3. The third-order valence-electron chi connectivity index (χ3n) is 4.47. The molecule has 0 unspecified atom stereocenters. The molecule has 1 saturated heterocycles.